The van der Waals surface area contributed by atoms with Gasteiger partial charge in [-0.2, -0.15) is 0 Å². The van der Waals surface area contributed by atoms with E-state index in [0.29, 0.717) is 31.0 Å². The summed E-state index contributed by atoms with van der Waals surface area (Å²) in [6.45, 7) is 6.38. The average Bonchev–Trinajstić information content (AvgIpc) is 2.55. The van der Waals surface area contributed by atoms with Crippen LogP contribution in [-0.4, -0.2) is 57.4 Å². The fourth-order valence-electron chi connectivity index (χ4n) is 3.12. The number of esters is 2. The van der Waals surface area contributed by atoms with Gasteiger partial charge >= 0.3 is 18.0 Å². The van der Waals surface area contributed by atoms with Crippen molar-refractivity contribution < 1.29 is 28.8 Å². The molecule has 0 spiro atoms. The Bertz CT molecular complexity index is 532. The smallest absolute Gasteiger partial charge is 0.337 e. The highest BCUT2D eigenvalue weighted by Gasteiger charge is 2.32. The molecule has 0 aromatic rings. The Hall–Kier alpha value is -2.09. The zero-order valence-corrected chi connectivity index (χ0v) is 14.3. The molecule has 0 aromatic heterocycles. The monoisotopic (exact) mass is 340 g/mol. The molecule has 1 unspecified atom stereocenters. The summed E-state index contributed by atoms with van der Waals surface area (Å²) in [5.41, 5.74) is 1.03. The van der Waals surface area contributed by atoms with Gasteiger partial charge in [-0.1, -0.05) is 0 Å². The summed E-state index contributed by atoms with van der Waals surface area (Å²) in [7, 11) is 0. The van der Waals surface area contributed by atoms with Gasteiger partial charge in [0.1, 0.15) is 12.5 Å². The molecule has 0 radical (unpaired) electrons. The van der Waals surface area contributed by atoms with Gasteiger partial charge in [-0.15, -0.1) is 0 Å². The summed E-state index contributed by atoms with van der Waals surface area (Å²) in [5, 5.41) is 5.30. The molecule has 2 rings (SSSR count). The first-order valence-corrected chi connectivity index (χ1v) is 8.49. The molecule has 2 aliphatic rings. The van der Waals surface area contributed by atoms with Crippen molar-refractivity contribution in [1.29, 1.82) is 0 Å². The number of hydrogen-bond donors (Lipinski definition) is 3. The van der Waals surface area contributed by atoms with Crippen LogP contribution in [0.25, 0.3) is 0 Å². The molecule has 0 aliphatic carbocycles. The van der Waals surface area contributed by atoms with Gasteiger partial charge in [0.15, 0.2) is 0 Å². The van der Waals surface area contributed by atoms with Crippen molar-refractivity contribution in [1.82, 2.24) is 10.6 Å². The Morgan fingerprint density at radius 1 is 1.25 bits per heavy atom. The van der Waals surface area contributed by atoms with Gasteiger partial charge < -0.3 is 25.0 Å². The maximum atomic E-state index is 12.1. The van der Waals surface area contributed by atoms with Crippen LogP contribution >= 0.6 is 0 Å². The first-order chi connectivity index (χ1) is 11.5. The molecular formula is C16H26N3O5+. The highest BCUT2D eigenvalue weighted by atomic mass is 16.5. The van der Waals surface area contributed by atoms with Crippen LogP contribution in [0.1, 0.15) is 26.7 Å². The van der Waals surface area contributed by atoms with Crippen LogP contribution in [0.15, 0.2) is 11.3 Å². The summed E-state index contributed by atoms with van der Waals surface area (Å²) < 4.78 is 10.2. The third-order valence-corrected chi connectivity index (χ3v) is 4.24. The second-order valence-electron chi connectivity index (χ2n) is 5.96. The molecule has 3 N–H and O–H groups in total. The second-order valence-corrected chi connectivity index (χ2v) is 5.96. The van der Waals surface area contributed by atoms with Crippen molar-refractivity contribution in [3.05, 3.63) is 11.3 Å². The SMILES string of the molecule is CCOC(=O)C1=C(C[NH+]2CCC[C@H](C(=O)OCC)C2)NC(=O)NC1. The van der Waals surface area contributed by atoms with E-state index in [0.717, 1.165) is 24.3 Å². The lowest BCUT2D eigenvalue weighted by atomic mass is 9.97. The molecule has 8 heteroatoms. The van der Waals surface area contributed by atoms with Crippen molar-refractivity contribution in [2.24, 2.45) is 5.92 Å². The largest absolute Gasteiger partial charge is 0.466 e. The summed E-state index contributed by atoms with van der Waals surface area (Å²) in [4.78, 5) is 36.8. The van der Waals surface area contributed by atoms with Crippen molar-refractivity contribution in [2.45, 2.75) is 26.7 Å². The molecule has 134 valence electrons. The summed E-state index contributed by atoms with van der Waals surface area (Å²) in [6, 6.07) is -0.323. The van der Waals surface area contributed by atoms with Crippen molar-refractivity contribution >= 4 is 18.0 Å². The Morgan fingerprint density at radius 2 is 2.00 bits per heavy atom. The maximum absolute atomic E-state index is 12.1. The van der Waals surface area contributed by atoms with Crippen molar-refractivity contribution in [3.63, 3.8) is 0 Å². The fourth-order valence-corrected chi connectivity index (χ4v) is 3.12. The number of quaternary nitrogens is 1. The molecule has 2 atom stereocenters. The lowest BCUT2D eigenvalue weighted by Gasteiger charge is -2.30. The van der Waals surface area contributed by atoms with Crippen LogP contribution in [0.2, 0.25) is 0 Å². The number of carbonyl (C=O) groups is 3. The van der Waals surface area contributed by atoms with Gasteiger partial charge in [-0.3, -0.25) is 4.79 Å². The molecule has 0 saturated carbocycles. The van der Waals surface area contributed by atoms with Gasteiger partial charge in [-0.25, -0.2) is 9.59 Å². The minimum atomic E-state index is -0.418. The van der Waals surface area contributed by atoms with E-state index in [9.17, 15) is 14.4 Å². The van der Waals surface area contributed by atoms with Crippen LogP contribution in [0.3, 0.4) is 0 Å². The van der Waals surface area contributed by atoms with Crippen LogP contribution in [0.5, 0.6) is 0 Å². The van der Waals surface area contributed by atoms with E-state index in [1.54, 1.807) is 13.8 Å². The van der Waals surface area contributed by atoms with Gasteiger partial charge in [0.2, 0.25) is 0 Å². The van der Waals surface area contributed by atoms with E-state index in [2.05, 4.69) is 10.6 Å². The molecule has 24 heavy (non-hydrogen) atoms. The summed E-state index contributed by atoms with van der Waals surface area (Å²) in [6.07, 6.45) is 1.73. The summed E-state index contributed by atoms with van der Waals surface area (Å²) >= 11 is 0. The molecule has 1 saturated heterocycles. The van der Waals surface area contributed by atoms with Gasteiger partial charge in [-0.05, 0) is 26.7 Å². The van der Waals surface area contributed by atoms with Gasteiger partial charge in [0, 0.05) is 0 Å². The van der Waals surface area contributed by atoms with Gasteiger partial charge in [0.05, 0.1) is 44.1 Å². The Labute approximate surface area is 141 Å². The van der Waals surface area contributed by atoms with E-state index < -0.39 is 5.97 Å². The van der Waals surface area contributed by atoms with Crippen molar-refractivity contribution in [3.8, 4) is 0 Å². The van der Waals surface area contributed by atoms with E-state index in [4.69, 9.17) is 9.47 Å². The highest BCUT2D eigenvalue weighted by molar-refractivity contribution is 5.93. The third-order valence-electron chi connectivity index (χ3n) is 4.24. The third kappa shape index (κ3) is 4.70. The molecule has 2 aliphatic heterocycles. The maximum Gasteiger partial charge on any atom is 0.337 e. The molecule has 1 fully saturated rings. The lowest BCUT2D eigenvalue weighted by molar-refractivity contribution is -0.903. The topological polar surface area (TPSA) is 98.2 Å². The molecule has 0 aromatic carbocycles. The second kappa shape index (κ2) is 8.68. The number of carbonyl (C=O) groups excluding carboxylic acids is 3. The van der Waals surface area contributed by atoms with E-state index in [1.807, 2.05) is 0 Å². The predicted octanol–water partition coefficient (Wildman–Crippen LogP) is -1.03. The standard InChI is InChI=1S/C16H25N3O5/c1-3-23-14(20)11-6-5-7-19(9-11)10-13-12(15(21)24-4-2)8-17-16(22)18-13/h11H,3-10H2,1-2H3,(H2,17,18,22)/p+1/t11-/m0/s1. The molecule has 0 bridgehead atoms. The Balaban J connectivity index is 2.06. The van der Waals surface area contributed by atoms with Crippen LogP contribution in [0.4, 0.5) is 4.79 Å². The number of rotatable bonds is 6. The van der Waals surface area contributed by atoms with Gasteiger partial charge in [0.25, 0.3) is 0 Å². The minimum Gasteiger partial charge on any atom is -0.466 e. The van der Waals surface area contributed by atoms with Crippen LogP contribution < -0.4 is 15.5 Å². The van der Waals surface area contributed by atoms with E-state index >= 15 is 0 Å². The highest BCUT2D eigenvalue weighted by Crippen LogP contribution is 2.11. The number of nitrogens with one attached hydrogen (secondary N) is 3. The zero-order valence-electron chi connectivity index (χ0n) is 14.3. The molecule has 2 amide bonds. The average molecular weight is 340 g/mol. The molecule has 8 nitrogen and oxygen atoms in total. The number of piperidine rings is 1. The first-order valence-electron chi connectivity index (χ1n) is 8.49. The summed E-state index contributed by atoms with van der Waals surface area (Å²) in [5.74, 6) is -0.709. The number of likely N-dealkylation sites (tertiary alicyclic amines) is 1. The minimum absolute atomic E-state index is 0.127. The Morgan fingerprint density at radius 3 is 2.71 bits per heavy atom. The Kier molecular flexibility index (Phi) is 6.60. The van der Waals surface area contributed by atoms with Crippen LogP contribution in [0, 0.1) is 5.92 Å². The zero-order chi connectivity index (χ0) is 17.5. The number of urea groups is 1. The number of amides is 2. The van der Waals surface area contributed by atoms with E-state index in [1.165, 1.54) is 0 Å². The lowest BCUT2D eigenvalue weighted by Crippen LogP contribution is -3.14. The van der Waals surface area contributed by atoms with Crippen LogP contribution in [-0.2, 0) is 19.1 Å². The molecule has 2 heterocycles. The van der Waals surface area contributed by atoms with E-state index in [-0.39, 0.29) is 31.1 Å². The fraction of sp³-hybridized carbons (Fsp3) is 0.688. The quantitative estimate of drug-likeness (QED) is 0.538. The molecular weight excluding hydrogens is 314 g/mol. The predicted molar refractivity (Wildman–Crippen MR) is 85.1 cm³/mol. The number of ether oxygens (including phenoxy) is 2. The number of hydrogen-bond acceptors (Lipinski definition) is 5. The van der Waals surface area contributed by atoms with Crippen molar-refractivity contribution in [2.75, 3.05) is 39.4 Å². The first kappa shape index (κ1) is 18.3. The normalized spacial score (nSPS) is 24.0.